The van der Waals surface area contributed by atoms with Crippen LogP contribution in [0, 0.1) is 12.7 Å². The molecule has 0 aliphatic heterocycles. The van der Waals surface area contributed by atoms with Crippen molar-refractivity contribution in [2.45, 2.75) is 44.6 Å². The maximum absolute atomic E-state index is 13.5. The highest BCUT2D eigenvalue weighted by Crippen LogP contribution is 2.40. The quantitative estimate of drug-likeness (QED) is 0.753. The molecular formula is C13H18FN. The van der Waals surface area contributed by atoms with E-state index in [1.54, 1.807) is 13.0 Å². The molecule has 82 valence electrons. The van der Waals surface area contributed by atoms with Crippen LogP contribution < -0.4 is 5.73 Å². The summed E-state index contributed by atoms with van der Waals surface area (Å²) in [5, 5.41) is 0. The minimum absolute atomic E-state index is 0.0773. The van der Waals surface area contributed by atoms with E-state index in [0.717, 1.165) is 24.8 Å². The van der Waals surface area contributed by atoms with Gasteiger partial charge in [-0.15, -0.1) is 0 Å². The summed E-state index contributed by atoms with van der Waals surface area (Å²) in [5.74, 6) is -0.103. The van der Waals surface area contributed by atoms with Crippen LogP contribution in [0.4, 0.5) is 4.39 Å². The Labute approximate surface area is 90.5 Å². The molecule has 1 fully saturated rings. The lowest BCUT2D eigenvalue weighted by Gasteiger charge is -2.24. The van der Waals surface area contributed by atoms with Gasteiger partial charge in [0.2, 0.25) is 0 Å². The van der Waals surface area contributed by atoms with Crippen molar-refractivity contribution in [1.29, 1.82) is 0 Å². The van der Waals surface area contributed by atoms with Crippen molar-refractivity contribution in [1.82, 2.24) is 0 Å². The third-order valence-corrected chi connectivity index (χ3v) is 3.65. The summed E-state index contributed by atoms with van der Waals surface area (Å²) < 4.78 is 13.5. The van der Waals surface area contributed by atoms with Crippen molar-refractivity contribution in [3.63, 3.8) is 0 Å². The molecule has 0 saturated heterocycles. The lowest BCUT2D eigenvalue weighted by molar-refractivity contribution is 0.477. The highest BCUT2D eigenvalue weighted by Gasteiger charge is 2.35. The van der Waals surface area contributed by atoms with Gasteiger partial charge in [0.15, 0.2) is 0 Å². The molecule has 1 saturated carbocycles. The first-order valence-corrected chi connectivity index (χ1v) is 5.53. The number of hydrogen-bond donors (Lipinski definition) is 1. The lowest BCUT2D eigenvalue weighted by atomic mass is 9.80. The normalized spacial score (nSPS) is 30.8. The van der Waals surface area contributed by atoms with Crippen molar-refractivity contribution in [3.8, 4) is 0 Å². The molecule has 2 rings (SSSR count). The number of aryl methyl sites for hydroxylation is 1. The first-order chi connectivity index (χ1) is 7.01. The molecule has 2 N–H and O–H groups in total. The molecule has 1 aliphatic carbocycles. The molecule has 2 unspecified atom stereocenters. The Balaban J connectivity index is 2.33. The van der Waals surface area contributed by atoms with Crippen molar-refractivity contribution in [3.05, 3.63) is 35.1 Å². The number of halogens is 1. The fourth-order valence-corrected chi connectivity index (χ4v) is 2.52. The van der Waals surface area contributed by atoms with E-state index in [1.165, 1.54) is 0 Å². The van der Waals surface area contributed by atoms with Gasteiger partial charge >= 0.3 is 0 Å². The van der Waals surface area contributed by atoms with Gasteiger partial charge in [-0.2, -0.15) is 0 Å². The van der Waals surface area contributed by atoms with Crippen LogP contribution in [0.5, 0.6) is 0 Å². The summed E-state index contributed by atoms with van der Waals surface area (Å²) in [4.78, 5) is 0. The number of benzene rings is 1. The zero-order valence-electron chi connectivity index (χ0n) is 9.39. The molecule has 1 aliphatic rings. The summed E-state index contributed by atoms with van der Waals surface area (Å²) in [6, 6.07) is 5.85. The molecular weight excluding hydrogens is 189 g/mol. The number of hydrogen-bond acceptors (Lipinski definition) is 1. The SMILES string of the molecule is Cc1ccc(C2(C)CCC(N)C2)cc1F. The van der Waals surface area contributed by atoms with Crippen LogP contribution in [-0.4, -0.2) is 6.04 Å². The van der Waals surface area contributed by atoms with Gasteiger partial charge in [0, 0.05) is 6.04 Å². The maximum Gasteiger partial charge on any atom is 0.126 e. The minimum Gasteiger partial charge on any atom is -0.328 e. The number of rotatable bonds is 1. The van der Waals surface area contributed by atoms with Gasteiger partial charge in [0.05, 0.1) is 0 Å². The second-order valence-corrected chi connectivity index (χ2v) is 5.03. The van der Waals surface area contributed by atoms with Crippen LogP contribution >= 0.6 is 0 Å². The van der Waals surface area contributed by atoms with E-state index in [0.29, 0.717) is 5.56 Å². The minimum atomic E-state index is -0.103. The fourth-order valence-electron chi connectivity index (χ4n) is 2.52. The first kappa shape index (κ1) is 10.6. The van der Waals surface area contributed by atoms with Gasteiger partial charge < -0.3 is 5.73 Å². The predicted octanol–water partition coefficient (Wildman–Crippen LogP) is 2.90. The third-order valence-electron chi connectivity index (χ3n) is 3.65. The molecule has 1 nitrogen and oxygen atoms in total. The Morgan fingerprint density at radius 2 is 2.20 bits per heavy atom. The Hall–Kier alpha value is -0.890. The van der Waals surface area contributed by atoms with Crippen molar-refractivity contribution in [2.24, 2.45) is 5.73 Å². The second-order valence-electron chi connectivity index (χ2n) is 5.03. The standard InChI is InChI=1S/C13H18FN/c1-9-3-4-10(7-12(9)14)13(2)6-5-11(15)8-13/h3-4,7,11H,5-6,8,15H2,1-2H3. The maximum atomic E-state index is 13.5. The molecule has 2 heteroatoms. The Bertz CT molecular complexity index is 375. The average molecular weight is 207 g/mol. The van der Waals surface area contributed by atoms with Crippen LogP contribution in [0.1, 0.15) is 37.3 Å². The van der Waals surface area contributed by atoms with E-state index < -0.39 is 0 Å². The molecule has 15 heavy (non-hydrogen) atoms. The summed E-state index contributed by atoms with van der Waals surface area (Å²) in [5.41, 5.74) is 7.81. The van der Waals surface area contributed by atoms with Crippen LogP contribution in [-0.2, 0) is 5.41 Å². The van der Waals surface area contributed by atoms with Gasteiger partial charge in [-0.1, -0.05) is 19.1 Å². The molecule has 0 spiro atoms. The third kappa shape index (κ3) is 1.91. The smallest absolute Gasteiger partial charge is 0.126 e. The van der Waals surface area contributed by atoms with E-state index in [2.05, 4.69) is 6.92 Å². The number of nitrogens with two attached hydrogens (primary N) is 1. The average Bonchev–Trinajstić information content (AvgIpc) is 2.52. The van der Waals surface area contributed by atoms with Crippen LogP contribution in [0.15, 0.2) is 18.2 Å². The molecule has 0 amide bonds. The molecule has 1 aromatic carbocycles. The lowest BCUT2D eigenvalue weighted by Crippen LogP contribution is -2.22. The topological polar surface area (TPSA) is 26.0 Å². The van der Waals surface area contributed by atoms with Crippen LogP contribution in [0.3, 0.4) is 0 Å². The van der Waals surface area contributed by atoms with Gasteiger partial charge in [0.1, 0.15) is 5.82 Å². The molecule has 0 aromatic heterocycles. The molecule has 0 bridgehead atoms. The predicted molar refractivity (Wildman–Crippen MR) is 60.3 cm³/mol. The van der Waals surface area contributed by atoms with Crippen molar-refractivity contribution >= 4 is 0 Å². The van der Waals surface area contributed by atoms with E-state index >= 15 is 0 Å². The van der Waals surface area contributed by atoms with E-state index in [4.69, 9.17) is 5.73 Å². The summed E-state index contributed by atoms with van der Waals surface area (Å²) in [7, 11) is 0. The molecule has 0 radical (unpaired) electrons. The van der Waals surface area contributed by atoms with E-state index in [1.807, 2.05) is 12.1 Å². The molecule has 1 aromatic rings. The van der Waals surface area contributed by atoms with Gasteiger partial charge in [-0.25, -0.2) is 4.39 Å². The van der Waals surface area contributed by atoms with Crippen molar-refractivity contribution in [2.75, 3.05) is 0 Å². The highest BCUT2D eigenvalue weighted by molar-refractivity contribution is 5.30. The molecule has 0 heterocycles. The van der Waals surface area contributed by atoms with E-state index in [9.17, 15) is 4.39 Å². The summed E-state index contributed by atoms with van der Waals surface area (Å²) in [6.45, 7) is 3.98. The highest BCUT2D eigenvalue weighted by atomic mass is 19.1. The van der Waals surface area contributed by atoms with Crippen molar-refractivity contribution < 1.29 is 4.39 Å². The Kier molecular flexibility index (Phi) is 2.55. The van der Waals surface area contributed by atoms with Crippen LogP contribution in [0.25, 0.3) is 0 Å². The van der Waals surface area contributed by atoms with Crippen LogP contribution in [0.2, 0.25) is 0 Å². The van der Waals surface area contributed by atoms with Gasteiger partial charge in [-0.3, -0.25) is 0 Å². The summed E-state index contributed by atoms with van der Waals surface area (Å²) >= 11 is 0. The second kappa shape index (κ2) is 3.60. The Morgan fingerprint density at radius 1 is 1.47 bits per heavy atom. The monoisotopic (exact) mass is 207 g/mol. The fraction of sp³-hybridized carbons (Fsp3) is 0.538. The summed E-state index contributed by atoms with van der Waals surface area (Å²) in [6.07, 6.45) is 3.08. The van der Waals surface area contributed by atoms with E-state index in [-0.39, 0.29) is 17.3 Å². The van der Waals surface area contributed by atoms with Gasteiger partial charge in [-0.05, 0) is 48.8 Å². The van der Waals surface area contributed by atoms with Gasteiger partial charge in [0.25, 0.3) is 0 Å². The zero-order valence-corrected chi connectivity index (χ0v) is 9.39. The zero-order chi connectivity index (χ0) is 11.1. The Morgan fingerprint density at radius 3 is 2.73 bits per heavy atom. The molecule has 2 atom stereocenters. The largest absolute Gasteiger partial charge is 0.328 e. The first-order valence-electron chi connectivity index (χ1n) is 5.53.